The molecule has 0 radical (unpaired) electrons. The van der Waals surface area contributed by atoms with Crippen molar-refractivity contribution in [1.82, 2.24) is 9.97 Å². The fraction of sp³-hybridized carbons (Fsp3) is 0.152. The van der Waals surface area contributed by atoms with Crippen molar-refractivity contribution < 1.29 is 101 Å². The largest absolute Gasteiger partial charge is 1.00 e. The van der Waals surface area contributed by atoms with Crippen molar-refractivity contribution in [1.29, 1.82) is 0 Å². The molecule has 0 spiro atoms. The van der Waals surface area contributed by atoms with Crippen molar-refractivity contribution in [2.75, 3.05) is 25.7 Å². The summed E-state index contributed by atoms with van der Waals surface area (Å²) in [6.45, 7) is 4.17. The van der Waals surface area contributed by atoms with Crippen LogP contribution in [-0.2, 0) is 9.47 Å². The van der Waals surface area contributed by atoms with E-state index in [1.807, 2.05) is 0 Å². The third kappa shape index (κ3) is 12.3. The normalized spacial score (nSPS) is 10.1. The Morgan fingerprint density at radius 3 is 1.47 bits per heavy atom. The predicted octanol–water partition coefficient (Wildman–Crippen LogP) is 6.18. The van der Waals surface area contributed by atoms with Crippen LogP contribution < -0.4 is 62.9 Å². The molecule has 4 aromatic rings. The summed E-state index contributed by atoms with van der Waals surface area (Å²) in [6, 6.07) is 7.74. The van der Waals surface area contributed by atoms with Gasteiger partial charge in [0, 0.05) is 46.9 Å². The Hall–Kier alpha value is -3.55. The number of nitrogens with zero attached hydrogens (tertiary/aromatic N) is 2. The van der Waals surface area contributed by atoms with Gasteiger partial charge in [-0.25, -0.2) is 28.3 Å². The van der Waals surface area contributed by atoms with Crippen LogP contribution in [-0.4, -0.2) is 43.1 Å². The molecule has 2 aromatic carbocycles. The summed E-state index contributed by atoms with van der Waals surface area (Å²) >= 11 is 2.98. The maximum atomic E-state index is 14.5. The van der Waals surface area contributed by atoms with Gasteiger partial charge in [-0.1, -0.05) is 20.9 Å². The van der Waals surface area contributed by atoms with E-state index in [-0.39, 0.29) is 91.3 Å². The number of esters is 2. The van der Waals surface area contributed by atoms with Gasteiger partial charge in [0.15, 0.2) is 5.82 Å². The number of nitrogens with two attached hydrogens (primary N) is 2. The van der Waals surface area contributed by atoms with E-state index < -0.39 is 47.9 Å². The first-order chi connectivity index (χ1) is 22.8. The minimum absolute atomic E-state index is 0. The average Bonchev–Trinajstić information content (AvgIpc) is 3.03. The van der Waals surface area contributed by atoms with E-state index in [0.717, 1.165) is 33.3 Å². The first kappa shape index (κ1) is 47.5. The van der Waals surface area contributed by atoms with Gasteiger partial charge in [0.2, 0.25) is 11.9 Å². The van der Waals surface area contributed by atoms with E-state index >= 15 is 0 Å². The van der Waals surface area contributed by atoms with E-state index in [0.29, 0.717) is 27.8 Å². The summed E-state index contributed by atoms with van der Waals surface area (Å²) in [7, 11) is 2.28. The van der Waals surface area contributed by atoms with E-state index in [9.17, 15) is 40.1 Å². The zero-order valence-electron chi connectivity index (χ0n) is 27.3. The number of carbonyl (C=O) groups excluding carboxylic acids is 2. The molecule has 8 nitrogen and oxygen atoms in total. The number of halogens is 8. The second-order valence-corrected chi connectivity index (χ2v) is 10.8. The Morgan fingerprint density at radius 2 is 1.14 bits per heavy atom. The van der Waals surface area contributed by atoms with Crippen LogP contribution in [0, 0.1) is 23.5 Å². The van der Waals surface area contributed by atoms with Crippen molar-refractivity contribution in [3.8, 4) is 22.3 Å². The third-order valence-corrected chi connectivity index (χ3v) is 7.20. The maximum Gasteiger partial charge on any atom is 1.00 e. The number of hydrogen-bond donors (Lipinski definition) is 2. The third-order valence-electron chi connectivity index (χ3n) is 6.42. The van der Waals surface area contributed by atoms with Gasteiger partial charge in [0.05, 0.1) is 35.5 Å². The summed E-state index contributed by atoms with van der Waals surface area (Å²) < 4.78 is 97.3. The Bertz CT molecular complexity index is 1930. The first-order valence-corrected chi connectivity index (χ1v) is 14.4. The second-order valence-electron chi connectivity index (χ2n) is 10.0. The number of hydrogen-bond acceptors (Lipinski definition) is 8. The van der Waals surface area contributed by atoms with Crippen LogP contribution in [0.4, 0.5) is 41.9 Å². The van der Waals surface area contributed by atoms with Crippen LogP contribution in [0.2, 0.25) is 0 Å². The van der Waals surface area contributed by atoms with E-state index in [1.54, 1.807) is 6.92 Å². The molecule has 0 aliphatic heterocycles. The summed E-state index contributed by atoms with van der Waals surface area (Å²) in [5, 5.41) is 0. The molecule has 0 amide bonds. The molecular formula is C33H32BBrF7KN4O4. The molecule has 0 saturated heterocycles. The van der Waals surface area contributed by atoms with Gasteiger partial charge < -0.3 is 33.9 Å². The zero-order chi connectivity index (χ0) is 37.4. The number of anilines is 2. The van der Waals surface area contributed by atoms with Crippen molar-refractivity contribution in [2.24, 2.45) is 0 Å². The number of pyridine rings is 2. The number of carbonyl (C=O) groups is 2. The molecule has 18 heteroatoms. The van der Waals surface area contributed by atoms with Crippen LogP contribution in [0.3, 0.4) is 0 Å². The number of methoxy groups -OCH3 is 2. The molecule has 4 rings (SSSR count). The number of nitrogen functional groups attached to an aromatic ring is 2. The van der Waals surface area contributed by atoms with Crippen molar-refractivity contribution in [3.63, 3.8) is 0 Å². The van der Waals surface area contributed by atoms with Crippen LogP contribution in [0.25, 0.3) is 27.8 Å². The zero-order valence-corrected chi connectivity index (χ0v) is 32.0. The quantitative estimate of drug-likeness (QED) is 0.0778. The number of ether oxygens (including phenoxy) is 2. The Labute approximate surface area is 341 Å². The van der Waals surface area contributed by atoms with Crippen LogP contribution >= 0.6 is 15.9 Å². The van der Waals surface area contributed by atoms with Gasteiger partial charge in [-0.15, -0.1) is 12.1 Å². The predicted molar refractivity (Wildman–Crippen MR) is 184 cm³/mol. The smallest absolute Gasteiger partial charge is 0.465 e. The van der Waals surface area contributed by atoms with Crippen LogP contribution in [0.5, 0.6) is 0 Å². The van der Waals surface area contributed by atoms with E-state index in [2.05, 4.69) is 48.5 Å². The van der Waals surface area contributed by atoms with Crippen molar-refractivity contribution in [3.05, 3.63) is 112 Å². The standard InChI is InChI=1S/C16H14F2N2O2.C13H9BrF2N2O2.C3H5BF3.CH4.K/c1-8(2)13-14(18)11(16(21)22-3)7-10(15(13)19)9-4-5-20-12(17)6-9;1-20-13(19)8-5-7(12(17)10(14)11(8)16)6-2-3-18-9(15)4-6;1-3(2)4(5,6)7;;/h4-7H,1,19H2,2-3H3;2-5H,17H2,1H3;1H2,2H3;1H4;/q;;-1;;+1. The fourth-order valence-electron chi connectivity index (χ4n) is 3.87. The molecule has 0 aliphatic rings. The van der Waals surface area contributed by atoms with E-state index in [4.69, 9.17) is 11.5 Å². The number of aromatic nitrogens is 2. The number of rotatable bonds is 6. The summed E-state index contributed by atoms with van der Waals surface area (Å²) in [5.74, 6) is -4.75. The van der Waals surface area contributed by atoms with Crippen LogP contribution in [0.15, 0.2) is 71.9 Å². The van der Waals surface area contributed by atoms with E-state index in [1.165, 1.54) is 36.7 Å². The first-order valence-electron chi connectivity index (χ1n) is 13.6. The monoisotopic (exact) mass is 810 g/mol. The Morgan fingerprint density at radius 1 is 0.765 bits per heavy atom. The summed E-state index contributed by atoms with van der Waals surface area (Å²) in [6.07, 6.45) is 2.50. The SMILES string of the molecule is C.C=C(C)[B-](F)(F)F.C=C(C)c1c(N)c(-c2ccnc(F)c2)cc(C(=O)OC)c1F.COC(=O)c1cc(-c2ccnc(F)c2)c(N)c(Br)c1F.[K+]. The fourth-order valence-corrected chi connectivity index (χ4v) is 4.29. The Kier molecular flexibility index (Phi) is 19.1. The topological polar surface area (TPSA) is 130 Å². The van der Waals surface area contributed by atoms with Crippen molar-refractivity contribution >= 4 is 51.8 Å². The number of allylic oxidation sites excluding steroid dienone is 2. The summed E-state index contributed by atoms with van der Waals surface area (Å²) in [5.41, 5.74) is 12.3. The minimum Gasteiger partial charge on any atom is -0.465 e. The molecule has 268 valence electrons. The van der Waals surface area contributed by atoms with Gasteiger partial charge in [0.1, 0.15) is 5.82 Å². The molecular weight excluding hydrogens is 779 g/mol. The molecule has 0 fully saturated rings. The molecule has 0 bridgehead atoms. The molecule has 0 unspecified atom stereocenters. The van der Waals surface area contributed by atoms with Gasteiger partial charge in [0.25, 0.3) is 0 Å². The second kappa shape index (κ2) is 20.5. The molecule has 51 heavy (non-hydrogen) atoms. The van der Waals surface area contributed by atoms with Crippen LogP contribution in [0.1, 0.15) is 47.6 Å². The molecule has 0 aliphatic carbocycles. The van der Waals surface area contributed by atoms with Gasteiger partial charge >= 0.3 is 70.3 Å². The van der Waals surface area contributed by atoms with Crippen molar-refractivity contribution in [2.45, 2.75) is 21.3 Å². The van der Waals surface area contributed by atoms with Gasteiger partial charge in [-0.2, -0.15) is 8.78 Å². The Balaban J connectivity index is 0.000000803. The molecule has 2 aromatic heterocycles. The minimum atomic E-state index is -4.75. The summed E-state index contributed by atoms with van der Waals surface area (Å²) in [4.78, 5) is 30.2. The molecule has 2 heterocycles. The maximum absolute atomic E-state index is 14.5. The molecule has 4 N–H and O–H groups in total. The van der Waals surface area contributed by atoms with Gasteiger partial charge in [-0.05, 0) is 63.8 Å². The molecule has 0 saturated carbocycles. The number of benzene rings is 2. The average molecular weight is 811 g/mol. The molecule has 0 atom stereocenters. The van der Waals surface area contributed by atoms with Gasteiger partial charge in [-0.3, -0.25) is 0 Å².